The van der Waals surface area contributed by atoms with Gasteiger partial charge in [0.25, 0.3) is 0 Å². The molecular weight excluding hydrogens is 627 g/mol. The fraction of sp³-hybridized carbons (Fsp3) is 0. The van der Waals surface area contributed by atoms with Crippen molar-refractivity contribution in [2.45, 2.75) is 0 Å². The molecule has 0 saturated carbocycles. The number of rotatable bonds is 6. The van der Waals surface area contributed by atoms with E-state index in [4.69, 9.17) is 0 Å². The highest BCUT2D eigenvalue weighted by molar-refractivity contribution is 7.18. The maximum atomic E-state index is 2.43. The molecule has 0 unspecified atom stereocenters. The van der Waals surface area contributed by atoms with Crippen LogP contribution in [0.4, 0.5) is 17.1 Å². The molecule has 236 valence electrons. The van der Waals surface area contributed by atoms with E-state index < -0.39 is 0 Å². The number of nitrogens with zero attached hydrogens (tertiary/aromatic N) is 3. The fourth-order valence-corrected chi connectivity index (χ4v) is 8.62. The number of anilines is 3. The first-order valence-electron chi connectivity index (χ1n) is 17.0. The number of hydrogen-bond acceptors (Lipinski definition) is 2. The molecule has 3 heterocycles. The molecular formula is C46H31N3S. The van der Waals surface area contributed by atoms with Gasteiger partial charge in [0.1, 0.15) is 5.00 Å². The number of para-hydroxylation sites is 4. The molecule has 4 heteroatoms. The third-order valence-electron chi connectivity index (χ3n) is 9.75. The summed E-state index contributed by atoms with van der Waals surface area (Å²) in [6.07, 6.45) is 0. The van der Waals surface area contributed by atoms with Gasteiger partial charge in [0.05, 0.1) is 27.8 Å². The van der Waals surface area contributed by atoms with Gasteiger partial charge < -0.3 is 14.0 Å². The summed E-state index contributed by atoms with van der Waals surface area (Å²) in [4.78, 5) is 3.66. The molecule has 0 spiro atoms. The van der Waals surface area contributed by atoms with E-state index in [-0.39, 0.29) is 0 Å². The van der Waals surface area contributed by atoms with Crippen LogP contribution in [0.25, 0.3) is 64.7 Å². The van der Waals surface area contributed by atoms with E-state index in [1.54, 1.807) is 0 Å². The second-order valence-electron chi connectivity index (χ2n) is 12.6. The fourth-order valence-electron chi connectivity index (χ4n) is 7.59. The summed E-state index contributed by atoms with van der Waals surface area (Å²) in [5.41, 5.74) is 10.6. The summed E-state index contributed by atoms with van der Waals surface area (Å²) < 4.78 is 4.81. The van der Waals surface area contributed by atoms with Gasteiger partial charge >= 0.3 is 0 Å². The topological polar surface area (TPSA) is 13.1 Å². The molecule has 3 nitrogen and oxygen atoms in total. The normalized spacial score (nSPS) is 11.6. The number of thiophene rings is 1. The van der Waals surface area contributed by atoms with Crippen LogP contribution in [-0.2, 0) is 0 Å². The van der Waals surface area contributed by atoms with Crippen LogP contribution in [0, 0.1) is 0 Å². The van der Waals surface area contributed by atoms with Gasteiger partial charge in [-0.2, -0.15) is 0 Å². The van der Waals surface area contributed by atoms with E-state index in [0.29, 0.717) is 0 Å². The minimum Gasteiger partial charge on any atom is -0.310 e. The Morgan fingerprint density at radius 2 is 0.920 bits per heavy atom. The van der Waals surface area contributed by atoms with Gasteiger partial charge in [-0.05, 0) is 84.4 Å². The van der Waals surface area contributed by atoms with Crippen molar-refractivity contribution >= 4 is 72.0 Å². The molecule has 0 saturated heterocycles. The van der Waals surface area contributed by atoms with E-state index in [2.05, 4.69) is 202 Å². The van der Waals surface area contributed by atoms with E-state index in [1.807, 2.05) is 11.3 Å². The second-order valence-corrected chi connectivity index (χ2v) is 13.6. The second kappa shape index (κ2) is 11.7. The zero-order chi connectivity index (χ0) is 33.0. The minimum atomic E-state index is 1.10. The van der Waals surface area contributed by atoms with Crippen molar-refractivity contribution in [2.75, 3.05) is 4.90 Å². The van der Waals surface area contributed by atoms with Gasteiger partial charge in [-0.3, -0.25) is 0 Å². The molecule has 0 N–H and O–H groups in total. The van der Waals surface area contributed by atoms with Crippen molar-refractivity contribution < 1.29 is 0 Å². The predicted octanol–water partition coefficient (Wildman–Crippen LogP) is 13.1. The summed E-state index contributed by atoms with van der Waals surface area (Å²) >= 11 is 1.83. The predicted molar refractivity (Wildman–Crippen MR) is 213 cm³/mol. The van der Waals surface area contributed by atoms with Crippen LogP contribution in [-0.4, -0.2) is 9.13 Å². The molecule has 0 atom stereocenters. The average molecular weight is 658 g/mol. The Morgan fingerprint density at radius 1 is 0.380 bits per heavy atom. The Kier molecular flexibility index (Phi) is 6.68. The summed E-state index contributed by atoms with van der Waals surface area (Å²) in [7, 11) is 0. The SMILES string of the molecule is c1ccc(-c2ccc(-n3c4ccccc4c4c(N(c5ccccc5)c5ccc(-n6c7ccccc7c7ccccc76)cc5)cccc43)s2)cc1. The maximum Gasteiger partial charge on any atom is 0.101 e. The van der Waals surface area contributed by atoms with E-state index in [1.165, 1.54) is 59.1 Å². The number of fused-ring (bicyclic) bond motifs is 6. The standard InChI is InChI=1S/C46H31N3S/c1-3-14-32(15-4-1)44-30-31-45(50-44)49-41-23-12-9-20-38(41)46-42(24-13-25-43(46)49)47(33-16-5-2-6-17-33)34-26-28-35(29-27-34)48-39-21-10-7-18-36(39)37-19-8-11-22-40(37)48/h1-31H. The zero-order valence-electron chi connectivity index (χ0n) is 27.1. The molecule has 0 aliphatic rings. The number of aromatic nitrogens is 2. The van der Waals surface area contributed by atoms with Crippen molar-refractivity contribution in [1.29, 1.82) is 0 Å². The lowest BCUT2D eigenvalue weighted by atomic mass is 10.1. The molecule has 50 heavy (non-hydrogen) atoms. The van der Waals surface area contributed by atoms with Crippen LogP contribution in [0.3, 0.4) is 0 Å². The summed E-state index contributed by atoms with van der Waals surface area (Å²) in [5.74, 6) is 0. The first-order valence-corrected chi connectivity index (χ1v) is 17.8. The lowest BCUT2D eigenvalue weighted by Gasteiger charge is -2.26. The van der Waals surface area contributed by atoms with Gasteiger partial charge in [0.2, 0.25) is 0 Å². The Labute approximate surface area is 294 Å². The van der Waals surface area contributed by atoms with Crippen molar-refractivity contribution in [3.8, 4) is 21.1 Å². The van der Waals surface area contributed by atoms with Crippen LogP contribution in [0.5, 0.6) is 0 Å². The summed E-state index contributed by atoms with van der Waals surface area (Å²) in [6.45, 7) is 0. The van der Waals surface area contributed by atoms with E-state index in [9.17, 15) is 0 Å². The van der Waals surface area contributed by atoms with Gasteiger partial charge in [-0.15, -0.1) is 11.3 Å². The molecule has 0 fully saturated rings. The van der Waals surface area contributed by atoms with Crippen molar-refractivity contribution in [3.05, 3.63) is 188 Å². The van der Waals surface area contributed by atoms with Gasteiger partial charge in [-0.25, -0.2) is 0 Å². The van der Waals surface area contributed by atoms with Gasteiger partial charge in [-0.1, -0.05) is 109 Å². The molecule has 0 radical (unpaired) electrons. The van der Waals surface area contributed by atoms with Crippen LogP contribution < -0.4 is 4.90 Å². The lowest BCUT2D eigenvalue weighted by Crippen LogP contribution is -2.10. The molecule has 3 aromatic heterocycles. The van der Waals surface area contributed by atoms with Crippen molar-refractivity contribution in [2.24, 2.45) is 0 Å². The van der Waals surface area contributed by atoms with Crippen LogP contribution in [0.2, 0.25) is 0 Å². The summed E-state index contributed by atoms with van der Waals surface area (Å²) in [6, 6.07) is 67.8. The van der Waals surface area contributed by atoms with Crippen LogP contribution in [0.15, 0.2) is 188 Å². The number of benzene rings is 7. The molecule has 7 aromatic carbocycles. The highest BCUT2D eigenvalue weighted by Gasteiger charge is 2.22. The highest BCUT2D eigenvalue weighted by atomic mass is 32.1. The largest absolute Gasteiger partial charge is 0.310 e. The minimum absolute atomic E-state index is 1.10. The first kappa shape index (κ1) is 28.6. The smallest absolute Gasteiger partial charge is 0.101 e. The molecule has 0 amide bonds. The third kappa shape index (κ3) is 4.50. The molecule has 0 bridgehead atoms. The van der Waals surface area contributed by atoms with Crippen LogP contribution >= 0.6 is 11.3 Å². The lowest BCUT2D eigenvalue weighted by molar-refractivity contribution is 1.17. The van der Waals surface area contributed by atoms with Crippen LogP contribution in [0.1, 0.15) is 0 Å². The van der Waals surface area contributed by atoms with Crippen molar-refractivity contribution in [1.82, 2.24) is 9.13 Å². The van der Waals surface area contributed by atoms with E-state index in [0.717, 1.165) is 22.7 Å². The summed E-state index contributed by atoms with van der Waals surface area (Å²) in [5, 5.41) is 6.20. The Balaban J connectivity index is 1.16. The Morgan fingerprint density at radius 3 is 1.60 bits per heavy atom. The zero-order valence-corrected chi connectivity index (χ0v) is 28.0. The maximum absolute atomic E-state index is 2.43. The third-order valence-corrected chi connectivity index (χ3v) is 10.9. The first-order chi connectivity index (χ1) is 24.8. The molecule has 10 rings (SSSR count). The van der Waals surface area contributed by atoms with Gasteiger partial charge in [0.15, 0.2) is 0 Å². The average Bonchev–Trinajstić information content (AvgIpc) is 3.89. The quantitative estimate of drug-likeness (QED) is 0.173. The molecule has 0 aliphatic heterocycles. The molecule has 0 aliphatic carbocycles. The number of hydrogen-bond donors (Lipinski definition) is 0. The monoisotopic (exact) mass is 657 g/mol. The Hall–Kier alpha value is -6.36. The van der Waals surface area contributed by atoms with Crippen molar-refractivity contribution in [3.63, 3.8) is 0 Å². The molecule has 10 aromatic rings. The highest BCUT2D eigenvalue weighted by Crippen LogP contribution is 2.45. The van der Waals surface area contributed by atoms with Gasteiger partial charge in [0, 0.05) is 43.5 Å². The van der Waals surface area contributed by atoms with E-state index >= 15 is 0 Å². The Bertz CT molecular complexity index is 2750.